The van der Waals surface area contributed by atoms with Crippen LogP contribution >= 0.6 is 0 Å². The minimum absolute atomic E-state index is 0.00665. The first-order valence-electron chi connectivity index (χ1n) is 6.10. The van der Waals surface area contributed by atoms with Crippen LogP contribution in [-0.4, -0.2) is 40.9 Å². The fourth-order valence-corrected chi connectivity index (χ4v) is 2.08. The van der Waals surface area contributed by atoms with Crippen molar-refractivity contribution in [1.29, 1.82) is 0 Å². The van der Waals surface area contributed by atoms with E-state index < -0.39 is 5.60 Å². The zero-order valence-electron chi connectivity index (χ0n) is 11.1. The number of nitrogens with zero attached hydrogens (tertiary/aromatic N) is 1. The van der Waals surface area contributed by atoms with Gasteiger partial charge in [0.25, 0.3) is 0 Å². The van der Waals surface area contributed by atoms with E-state index in [9.17, 15) is 9.90 Å². The SMILES string of the molecule is C/C=C\[C@H]1C[C@@H](CO)N(C(=O)OC(C)(C)C)C1. The monoisotopic (exact) mass is 241 g/mol. The smallest absolute Gasteiger partial charge is 0.410 e. The Labute approximate surface area is 103 Å². The molecule has 1 N–H and O–H groups in total. The first kappa shape index (κ1) is 14.0. The Morgan fingerprint density at radius 1 is 1.53 bits per heavy atom. The summed E-state index contributed by atoms with van der Waals surface area (Å²) in [5, 5.41) is 9.30. The molecule has 98 valence electrons. The second-order valence-corrected chi connectivity index (χ2v) is 5.49. The van der Waals surface area contributed by atoms with E-state index >= 15 is 0 Å². The molecule has 0 aromatic rings. The second-order valence-electron chi connectivity index (χ2n) is 5.49. The van der Waals surface area contributed by atoms with E-state index in [1.54, 1.807) is 4.90 Å². The summed E-state index contributed by atoms with van der Waals surface area (Å²) in [6, 6.07) is -0.119. The molecule has 0 radical (unpaired) electrons. The molecule has 1 saturated heterocycles. The van der Waals surface area contributed by atoms with E-state index in [-0.39, 0.29) is 18.7 Å². The van der Waals surface area contributed by atoms with Gasteiger partial charge in [-0.2, -0.15) is 0 Å². The van der Waals surface area contributed by atoms with Crippen molar-refractivity contribution >= 4 is 6.09 Å². The zero-order chi connectivity index (χ0) is 13.1. The molecule has 0 saturated carbocycles. The lowest BCUT2D eigenvalue weighted by atomic mass is 10.1. The normalized spacial score (nSPS) is 25.6. The van der Waals surface area contributed by atoms with E-state index in [1.165, 1.54) is 0 Å². The maximum Gasteiger partial charge on any atom is 0.410 e. The summed E-state index contributed by atoms with van der Waals surface area (Å²) in [6.07, 6.45) is 4.54. The maximum atomic E-state index is 11.9. The van der Waals surface area contributed by atoms with Crippen LogP contribution in [0.1, 0.15) is 34.1 Å². The van der Waals surface area contributed by atoms with Crippen molar-refractivity contribution in [3.63, 3.8) is 0 Å². The summed E-state index contributed by atoms with van der Waals surface area (Å²) in [7, 11) is 0. The maximum absolute atomic E-state index is 11.9. The van der Waals surface area contributed by atoms with Gasteiger partial charge in [0.1, 0.15) is 5.60 Å². The van der Waals surface area contributed by atoms with Gasteiger partial charge in [-0.25, -0.2) is 4.79 Å². The standard InChI is InChI=1S/C13H23NO3/c1-5-6-10-7-11(9-15)14(8-10)12(16)17-13(2,3)4/h5-6,10-11,15H,7-9H2,1-4H3/b6-5-/t10-,11-/m0/s1. The van der Waals surface area contributed by atoms with Gasteiger partial charge in [0.15, 0.2) is 0 Å². The number of allylic oxidation sites excluding steroid dienone is 1. The molecule has 1 aliphatic rings. The van der Waals surface area contributed by atoms with Crippen LogP contribution in [0.5, 0.6) is 0 Å². The summed E-state index contributed by atoms with van der Waals surface area (Å²) < 4.78 is 5.33. The van der Waals surface area contributed by atoms with E-state index in [4.69, 9.17) is 4.74 Å². The van der Waals surface area contributed by atoms with Gasteiger partial charge in [0, 0.05) is 6.54 Å². The van der Waals surface area contributed by atoms with Gasteiger partial charge in [0.2, 0.25) is 0 Å². The van der Waals surface area contributed by atoms with E-state index in [2.05, 4.69) is 6.08 Å². The third kappa shape index (κ3) is 4.04. The van der Waals surface area contributed by atoms with Crippen LogP contribution in [0.4, 0.5) is 4.79 Å². The van der Waals surface area contributed by atoms with E-state index in [0.717, 1.165) is 6.42 Å². The number of carbonyl (C=O) groups is 1. The molecule has 17 heavy (non-hydrogen) atoms. The topological polar surface area (TPSA) is 49.8 Å². The molecule has 1 fully saturated rings. The van der Waals surface area contributed by atoms with Gasteiger partial charge in [-0.05, 0) is 40.0 Å². The van der Waals surface area contributed by atoms with Crippen molar-refractivity contribution < 1.29 is 14.6 Å². The number of amides is 1. The molecule has 0 aromatic heterocycles. The summed E-state index contributed by atoms with van der Waals surface area (Å²) in [5.41, 5.74) is -0.490. The van der Waals surface area contributed by atoms with Crippen LogP contribution in [0.3, 0.4) is 0 Å². The molecule has 2 atom stereocenters. The van der Waals surface area contributed by atoms with Gasteiger partial charge in [0.05, 0.1) is 12.6 Å². The number of aliphatic hydroxyl groups is 1. The van der Waals surface area contributed by atoms with Crippen molar-refractivity contribution in [2.45, 2.75) is 45.8 Å². The predicted molar refractivity (Wildman–Crippen MR) is 66.7 cm³/mol. The van der Waals surface area contributed by atoms with Gasteiger partial charge < -0.3 is 14.7 Å². The van der Waals surface area contributed by atoms with E-state index in [0.29, 0.717) is 12.5 Å². The van der Waals surface area contributed by atoms with Crippen LogP contribution in [0.15, 0.2) is 12.2 Å². The molecule has 4 heteroatoms. The van der Waals surface area contributed by atoms with Crippen LogP contribution in [-0.2, 0) is 4.74 Å². The summed E-state index contributed by atoms with van der Waals surface area (Å²) >= 11 is 0. The lowest BCUT2D eigenvalue weighted by Gasteiger charge is -2.27. The number of likely N-dealkylation sites (tertiary alicyclic amines) is 1. The molecule has 0 aliphatic carbocycles. The van der Waals surface area contributed by atoms with Crippen molar-refractivity contribution in [2.24, 2.45) is 5.92 Å². The lowest BCUT2D eigenvalue weighted by Crippen LogP contribution is -2.41. The van der Waals surface area contributed by atoms with Crippen molar-refractivity contribution in [2.75, 3.05) is 13.2 Å². The highest BCUT2D eigenvalue weighted by Gasteiger charge is 2.35. The third-order valence-corrected chi connectivity index (χ3v) is 2.75. The Hall–Kier alpha value is -1.03. The fraction of sp³-hybridized carbons (Fsp3) is 0.769. The Morgan fingerprint density at radius 3 is 2.65 bits per heavy atom. The second kappa shape index (κ2) is 5.54. The average Bonchev–Trinajstić information content (AvgIpc) is 2.59. The largest absolute Gasteiger partial charge is 0.444 e. The van der Waals surface area contributed by atoms with Crippen molar-refractivity contribution in [3.8, 4) is 0 Å². The number of aliphatic hydroxyl groups excluding tert-OH is 1. The molecular weight excluding hydrogens is 218 g/mol. The summed E-state index contributed by atoms with van der Waals surface area (Å²) in [5.74, 6) is 0.324. The molecule has 0 spiro atoms. The first-order chi connectivity index (χ1) is 7.87. The molecule has 0 unspecified atom stereocenters. The van der Waals surface area contributed by atoms with Gasteiger partial charge in [-0.3, -0.25) is 0 Å². The lowest BCUT2D eigenvalue weighted by molar-refractivity contribution is 0.0174. The Kier molecular flexibility index (Phi) is 4.57. The molecular formula is C13H23NO3. The highest BCUT2D eigenvalue weighted by molar-refractivity contribution is 5.69. The molecule has 0 bridgehead atoms. The molecule has 1 amide bonds. The zero-order valence-corrected chi connectivity index (χ0v) is 11.1. The molecule has 1 aliphatic heterocycles. The number of hydrogen-bond donors (Lipinski definition) is 1. The Morgan fingerprint density at radius 2 is 2.18 bits per heavy atom. The number of rotatable bonds is 2. The molecule has 0 aromatic carbocycles. The number of hydrogen-bond acceptors (Lipinski definition) is 3. The number of carbonyl (C=O) groups excluding carboxylic acids is 1. The van der Waals surface area contributed by atoms with Gasteiger partial charge in [-0.1, -0.05) is 12.2 Å². The highest BCUT2D eigenvalue weighted by atomic mass is 16.6. The van der Waals surface area contributed by atoms with Crippen molar-refractivity contribution in [3.05, 3.63) is 12.2 Å². The Bertz CT molecular complexity index is 294. The number of ether oxygens (including phenoxy) is 1. The minimum Gasteiger partial charge on any atom is -0.444 e. The third-order valence-electron chi connectivity index (χ3n) is 2.75. The van der Waals surface area contributed by atoms with E-state index in [1.807, 2.05) is 33.8 Å². The summed E-state index contributed by atoms with van der Waals surface area (Å²) in [4.78, 5) is 13.6. The Balaban J connectivity index is 2.65. The molecule has 1 heterocycles. The predicted octanol–water partition coefficient (Wildman–Crippen LogP) is 2.18. The molecule has 4 nitrogen and oxygen atoms in total. The first-order valence-corrected chi connectivity index (χ1v) is 6.10. The average molecular weight is 241 g/mol. The quantitative estimate of drug-likeness (QED) is 0.754. The van der Waals surface area contributed by atoms with Crippen LogP contribution in [0.2, 0.25) is 0 Å². The summed E-state index contributed by atoms with van der Waals surface area (Å²) in [6.45, 7) is 8.12. The van der Waals surface area contributed by atoms with Crippen LogP contribution in [0, 0.1) is 5.92 Å². The van der Waals surface area contributed by atoms with Gasteiger partial charge in [-0.15, -0.1) is 0 Å². The fourth-order valence-electron chi connectivity index (χ4n) is 2.08. The van der Waals surface area contributed by atoms with Crippen LogP contribution < -0.4 is 0 Å². The van der Waals surface area contributed by atoms with Crippen LogP contribution in [0.25, 0.3) is 0 Å². The molecule has 1 rings (SSSR count). The van der Waals surface area contributed by atoms with Gasteiger partial charge >= 0.3 is 6.09 Å². The minimum atomic E-state index is -0.490. The highest BCUT2D eigenvalue weighted by Crippen LogP contribution is 2.26. The van der Waals surface area contributed by atoms with Crippen molar-refractivity contribution in [1.82, 2.24) is 4.90 Å².